The number of carboxylic acid groups (broad SMARTS) is 1. The molecule has 0 aliphatic rings. The van der Waals surface area contributed by atoms with Crippen molar-refractivity contribution in [2.45, 2.75) is 53.1 Å². The van der Waals surface area contributed by atoms with Crippen molar-refractivity contribution < 1.29 is 14.7 Å². The Labute approximate surface area is 110 Å². The van der Waals surface area contributed by atoms with Crippen LogP contribution in [-0.4, -0.2) is 47.1 Å². The highest BCUT2D eigenvalue weighted by Gasteiger charge is 2.17. The lowest BCUT2D eigenvalue weighted by atomic mass is 10.1. The number of hydrogen-bond acceptors (Lipinski definition) is 3. The van der Waals surface area contributed by atoms with Crippen LogP contribution in [0.5, 0.6) is 0 Å². The second-order valence-electron chi connectivity index (χ2n) is 5.31. The minimum Gasteiger partial charge on any atom is -0.481 e. The van der Waals surface area contributed by atoms with Gasteiger partial charge in [0, 0.05) is 18.6 Å². The molecule has 1 unspecified atom stereocenters. The molecular weight excluding hydrogens is 232 g/mol. The zero-order chi connectivity index (χ0) is 14.3. The Morgan fingerprint density at radius 3 is 2.11 bits per heavy atom. The summed E-state index contributed by atoms with van der Waals surface area (Å²) in [6.07, 6.45) is 0.0607. The fourth-order valence-corrected chi connectivity index (χ4v) is 1.41. The number of carbonyl (C=O) groups excluding carboxylic acids is 1. The van der Waals surface area contributed by atoms with E-state index in [2.05, 4.69) is 19.2 Å². The number of rotatable bonds is 8. The van der Waals surface area contributed by atoms with Gasteiger partial charge in [-0.3, -0.25) is 14.5 Å². The highest BCUT2D eigenvalue weighted by Crippen LogP contribution is 2.02. The molecule has 106 valence electrons. The van der Waals surface area contributed by atoms with Gasteiger partial charge in [0.2, 0.25) is 5.91 Å². The maximum Gasteiger partial charge on any atom is 0.304 e. The van der Waals surface area contributed by atoms with E-state index < -0.39 is 5.97 Å². The highest BCUT2D eigenvalue weighted by molar-refractivity contribution is 5.78. The molecule has 0 aliphatic heterocycles. The van der Waals surface area contributed by atoms with Crippen molar-refractivity contribution in [1.82, 2.24) is 10.2 Å². The summed E-state index contributed by atoms with van der Waals surface area (Å²) in [7, 11) is 0. The van der Waals surface area contributed by atoms with Crippen molar-refractivity contribution in [3.63, 3.8) is 0 Å². The molecule has 18 heavy (non-hydrogen) atoms. The average Bonchev–Trinajstić information content (AvgIpc) is 2.23. The molecule has 2 N–H and O–H groups in total. The molecule has 0 spiro atoms. The van der Waals surface area contributed by atoms with Gasteiger partial charge in [-0.1, -0.05) is 13.8 Å². The SMILES string of the molecule is CC(C)C(C)NC(=O)CN(CCC(=O)O)C(C)C. The maximum atomic E-state index is 11.8. The minimum absolute atomic E-state index is 0.0460. The van der Waals surface area contributed by atoms with E-state index in [0.717, 1.165) is 0 Å². The van der Waals surface area contributed by atoms with Gasteiger partial charge in [-0.15, -0.1) is 0 Å². The molecule has 1 amide bonds. The summed E-state index contributed by atoms with van der Waals surface area (Å²) < 4.78 is 0. The van der Waals surface area contributed by atoms with Gasteiger partial charge >= 0.3 is 5.97 Å². The number of nitrogens with one attached hydrogen (secondary N) is 1. The summed E-state index contributed by atoms with van der Waals surface area (Å²) in [5.74, 6) is -0.493. The summed E-state index contributed by atoms with van der Waals surface area (Å²) in [5, 5.41) is 11.6. The molecule has 0 aromatic carbocycles. The highest BCUT2D eigenvalue weighted by atomic mass is 16.4. The zero-order valence-electron chi connectivity index (χ0n) is 12.1. The van der Waals surface area contributed by atoms with Crippen molar-refractivity contribution >= 4 is 11.9 Å². The van der Waals surface area contributed by atoms with Crippen LogP contribution in [0, 0.1) is 5.92 Å². The number of aliphatic carboxylic acids is 1. The van der Waals surface area contributed by atoms with Crippen molar-refractivity contribution in [1.29, 1.82) is 0 Å². The summed E-state index contributed by atoms with van der Waals surface area (Å²) in [6.45, 7) is 10.6. The Bertz CT molecular complexity index is 277. The third kappa shape index (κ3) is 7.27. The van der Waals surface area contributed by atoms with E-state index in [0.29, 0.717) is 12.5 Å². The quantitative estimate of drug-likeness (QED) is 0.689. The first-order valence-corrected chi connectivity index (χ1v) is 6.49. The lowest BCUT2D eigenvalue weighted by Crippen LogP contribution is -2.45. The largest absolute Gasteiger partial charge is 0.481 e. The first-order chi connectivity index (χ1) is 8.23. The number of nitrogens with zero attached hydrogens (tertiary/aromatic N) is 1. The summed E-state index contributed by atoms with van der Waals surface area (Å²) in [6, 6.07) is 0.287. The maximum absolute atomic E-state index is 11.8. The summed E-state index contributed by atoms with van der Waals surface area (Å²) in [4.78, 5) is 24.2. The van der Waals surface area contributed by atoms with Crippen molar-refractivity contribution in [2.24, 2.45) is 5.92 Å². The van der Waals surface area contributed by atoms with Gasteiger partial charge in [-0.25, -0.2) is 0 Å². The smallest absolute Gasteiger partial charge is 0.304 e. The van der Waals surface area contributed by atoms with Gasteiger partial charge in [0.25, 0.3) is 0 Å². The molecule has 0 bridgehead atoms. The number of amides is 1. The second-order valence-corrected chi connectivity index (χ2v) is 5.31. The molecule has 5 heteroatoms. The fraction of sp³-hybridized carbons (Fsp3) is 0.846. The van der Waals surface area contributed by atoms with Crippen molar-refractivity contribution in [3.05, 3.63) is 0 Å². The number of carboxylic acids is 1. The Balaban J connectivity index is 4.23. The van der Waals surface area contributed by atoms with Gasteiger partial charge in [0.05, 0.1) is 13.0 Å². The molecule has 0 saturated heterocycles. The lowest BCUT2D eigenvalue weighted by molar-refractivity contribution is -0.138. The summed E-state index contributed by atoms with van der Waals surface area (Å²) in [5.41, 5.74) is 0. The van der Waals surface area contributed by atoms with Crippen LogP contribution in [0.3, 0.4) is 0 Å². The average molecular weight is 258 g/mol. The van der Waals surface area contributed by atoms with Gasteiger partial charge in [0.15, 0.2) is 0 Å². The fourth-order valence-electron chi connectivity index (χ4n) is 1.41. The zero-order valence-corrected chi connectivity index (χ0v) is 12.1. The van der Waals surface area contributed by atoms with E-state index in [1.807, 2.05) is 25.7 Å². The van der Waals surface area contributed by atoms with E-state index >= 15 is 0 Å². The van der Waals surface area contributed by atoms with Crippen LogP contribution < -0.4 is 5.32 Å². The van der Waals surface area contributed by atoms with Gasteiger partial charge in [-0.2, -0.15) is 0 Å². The Morgan fingerprint density at radius 1 is 1.17 bits per heavy atom. The number of carbonyl (C=O) groups is 2. The molecule has 0 fully saturated rings. The monoisotopic (exact) mass is 258 g/mol. The van der Waals surface area contributed by atoms with E-state index in [9.17, 15) is 9.59 Å². The first-order valence-electron chi connectivity index (χ1n) is 6.49. The van der Waals surface area contributed by atoms with Crippen LogP contribution >= 0.6 is 0 Å². The molecule has 0 radical (unpaired) electrons. The topological polar surface area (TPSA) is 69.6 Å². The normalized spacial score (nSPS) is 13.1. The first kappa shape index (κ1) is 16.9. The van der Waals surface area contributed by atoms with Crippen molar-refractivity contribution in [2.75, 3.05) is 13.1 Å². The molecule has 0 aliphatic carbocycles. The standard InChI is InChI=1S/C13H26N2O3/c1-9(2)11(5)14-12(16)8-15(10(3)4)7-6-13(17)18/h9-11H,6-8H2,1-5H3,(H,14,16)(H,17,18). The summed E-state index contributed by atoms with van der Waals surface area (Å²) >= 11 is 0. The Morgan fingerprint density at radius 2 is 1.72 bits per heavy atom. The van der Waals surface area contributed by atoms with Gasteiger partial charge in [0.1, 0.15) is 0 Å². The molecule has 0 rings (SSSR count). The third-order valence-electron chi connectivity index (χ3n) is 3.08. The van der Waals surface area contributed by atoms with Crippen LogP contribution in [-0.2, 0) is 9.59 Å². The van der Waals surface area contributed by atoms with Crippen LogP contribution in [0.1, 0.15) is 41.0 Å². The molecular formula is C13H26N2O3. The molecule has 1 atom stereocenters. The minimum atomic E-state index is -0.836. The molecule has 0 aromatic heterocycles. The van der Waals surface area contributed by atoms with E-state index in [-0.39, 0.29) is 31.0 Å². The van der Waals surface area contributed by atoms with E-state index in [4.69, 9.17) is 5.11 Å². The van der Waals surface area contributed by atoms with Crippen LogP contribution in [0.4, 0.5) is 0 Å². The molecule has 5 nitrogen and oxygen atoms in total. The Hall–Kier alpha value is -1.10. The predicted octanol–water partition coefficient (Wildman–Crippen LogP) is 1.33. The van der Waals surface area contributed by atoms with E-state index in [1.54, 1.807) is 0 Å². The van der Waals surface area contributed by atoms with Crippen LogP contribution in [0.2, 0.25) is 0 Å². The lowest BCUT2D eigenvalue weighted by Gasteiger charge is -2.26. The molecule has 0 aromatic rings. The molecule has 0 saturated carbocycles. The van der Waals surface area contributed by atoms with Gasteiger partial charge in [-0.05, 0) is 26.7 Å². The van der Waals surface area contributed by atoms with Gasteiger partial charge < -0.3 is 10.4 Å². The predicted molar refractivity (Wildman–Crippen MR) is 71.4 cm³/mol. The third-order valence-corrected chi connectivity index (χ3v) is 3.08. The molecule has 0 heterocycles. The van der Waals surface area contributed by atoms with Crippen LogP contribution in [0.25, 0.3) is 0 Å². The Kier molecular flexibility index (Phi) is 7.59. The van der Waals surface area contributed by atoms with Crippen LogP contribution in [0.15, 0.2) is 0 Å². The second kappa shape index (κ2) is 8.08. The number of hydrogen-bond donors (Lipinski definition) is 2. The van der Waals surface area contributed by atoms with E-state index in [1.165, 1.54) is 0 Å². The van der Waals surface area contributed by atoms with Crippen molar-refractivity contribution in [3.8, 4) is 0 Å².